The first-order valence-electron chi connectivity index (χ1n) is 11.4. The van der Waals surface area contributed by atoms with Gasteiger partial charge in [-0.25, -0.2) is 8.42 Å². The van der Waals surface area contributed by atoms with E-state index in [9.17, 15) is 18.5 Å². The van der Waals surface area contributed by atoms with Crippen LogP contribution >= 0.6 is 11.3 Å². The third-order valence-electron chi connectivity index (χ3n) is 5.79. The molecule has 1 N–H and O–H groups in total. The number of carbonyl (C=O) groups excluding carboxylic acids is 1. The van der Waals surface area contributed by atoms with Gasteiger partial charge in [0.1, 0.15) is 11.1 Å². The minimum absolute atomic E-state index is 0.200. The van der Waals surface area contributed by atoms with Crippen LogP contribution < -0.4 is 5.32 Å². The molecule has 2 aromatic rings. The average molecular weight is 474 g/mol. The summed E-state index contributed by atoms with van der Waals surface area (Å²) >= 11 is 1.48. The van der Waals surface area contributed by atoms with Crippen molar-refractivity contribution in [2.75, 3.05) is 18.4 Å². The van der Waals surface area contributed by atoms with Gasteiger partial charge in [0.15, 0.2) is 0 Å². The van der Waals surface area contributed by atoms with Crippen LogP contribution in [0.15, 0.2) is 29.2 Å². The lowest BCUT2D eigenvalue weighted by Gasteiger charge is -2.22. The highest BCUT2D eigenvalue weighted by Crippen LogP contribution is 2.37. The minimum atomic E-state index is -3.60. The van der Waals surface area contributed by atoms with Gasteiger partial charge in [-0.2, -0.15) is 9.57 Å². The van der Waals surface area contributed by atoms with Crippen LogP contribution in [0.25, 0.3) is 0 Å². The predicted octanol–water partition coefficient (Wildman–Crippen LogP) is 5.34. The summed E-state index contributed by atoms with van der Waals surface area (Å²) in [5, 5.41) is 13.0. The van der Waals surface area contributed by atoms with Gasteiger partial charge in [0.05, 0.1) is 10.5 Å². The Kier molecular flexibility index (Phi) is 8.46. The summed E-state index contributed by atoms with van der Waals surface area (Å²) < 4.78 is 27.8. The Morgan fingerprint density at radius 1 is 1.09 bits per heavy atom. The van der Waals surface area contributed by atoms with Crippen LogP contribution in [0.5, 0.6) is 0 Å². The van der Waals surface area contributed by atoms with E-state index in [0.29, 0.717) is 29.2 Å². The molecule has 1 aromatic heterocycles. The summed E-state index contributed by atoms with van der Waals surface area (Å²) in [6, 6.07) is 8.33. The Balaban J connectivity index is 1.77. The number of benzene rings is 1. The van der Waals surface area contributed by atoms with Crippen molar-refractivity contribution in [2.24, 2.45) is 0 Å². The van der Waals surface area contributed by atoms with Crippen molar-refractivity contribution in [2.45, 2.75) is 70.1 Å². The van der Waals surface area contributed by atoms with Gasteiger partial charge in [-0.15, -0.1) is 11.3 Å². The van der Waals surface area contributed by atoms with Crippen molar-refractivity contribution < 1.29 is 13.2 Å². The molecule has 1 heterocycles. The Bertz CT molecular complexity index is 1070. The van der Waals surface area contributed by atoms with E-state index in [1.54, 1.807) is 16.4 Å². The van der Waals surface area contributed by atoms with Crippen molar-refractivity contribution in [1.82, 2.24) is 4.31 Å². The largest absolute Gasteiger partial charge is 0.312 e. The van der Waals surface area contributed by atoms with Gasteiger partial charge in [0.2, 0.25) is 10.0 Å². The lowest BCUT2D eigenvalue weighted by molar-refractivity contribution is 0.102. The number of nitriles is 1. The zero-order valence-corrected chi connectivity index (χ0v) is 20.4. The molecule has 1 aliphatic rings. The number of amides is 1. The van der Waals surface area contributed by atoms with Crippen molar-refractivity contribution >= 4 is 32.3 Å². The summed E-state index contributed by atoms with van der Waals surface area (Å²) in [4.78, 5) is 14.2. The third kappa shape index (κ3) is 5.40. The molecule has 0 aliphatic heterocycles. The molecule has 0 unspecified atom stereocenters. The Morgan fingerprint density at radius 3 is 2.31 bits per heavy atom. The van der Waals surface area contributed by atoms with Gasteiger partial charge in [-0.05, 0) is 68.4 Å². The number of nitrogens with zero attached hydrogens (tertiary/aromatic N) is 2. The van der Waals surface area contributed by atoms with Crippen LogP contribution in [-0.2, 0) is 22.9 Å². The number of anilines is 1. The second-order valence-corrected chi connectivity index (χ2v) is 11.2. The highest BCUT2D eigenvalue weighted by atomic mass is 32.2. The van der Waals surface area contributed by atoms with Gasteiger partial charge in [-0.1, -0.05) is 26.7 Å². The van der Waals surface area contributed by atoms with Crippen molar-refractivity contribution in [3.63, 3.8) is 0 Å². The molecular weight excluding hydrogens is 442 g/mol. The van der Waals surface area contributed by atoms with Crippen LogP contribution in [0, 0.1) is 11.3 Å². The highest BCUT2D eigenvalue weighted by Gasteiger charge is 2.25. The lowest BCUT2D eigenvalue weighted by Crippen LogP contribution is -2.33. The molecule has 0 radical (unpaired) electrons. The fraction of sp³-hybridized carbons (Fsp3) is 0.500. The smallest absolute Gasteiger partial charge is 0.256 e. The van der Waals surface area contributed by atoms with Crippen molar-refractivity contribution in [3.8, 4) is 6.07 Å². The summed E-state index contributed by atoms with van der Waals surface area (Å²) in [6.45, 7) is 5.08. The van der Waals surface area contributed by atoms with E-state index in [1.165, 1.54) is 28.3 Å². The van der Waals surface area contributed by atoms with E-state index < -0.39 is 10.0 Å². The molecule has 0 fully saturated rings. The number of thiophene rings is 1. The minimum Gasteiger partial charge on any atom is -0.312 e. The van der Waals surface area contributed by atoms with Gasteiger partial charge in [0, 0.05) is 23.5 Å². The van der Waals surface area contributed by atoms with Gasteiger partial charge in [0.25, 0.3) is 5.91 Å². The number of sulfonamides is 1. The summed E-state index contributed by atoms with van der Waals surface area (Å²) in [5.41, 5.74) is 2.01. The number of unbranched alkanes of at least 4 members (excludes halogenated alkanes) is 2. The van der Waals surface area contributed by atoms with Gasteiger partial charge >= 0.3 is 0 Å². The number of hydrogen-bond donors (Lipinski definition) is 1. The molecule has 3 rings (SSSR count). The third-order valence-corrected chi connectivity index (χ3v) is 8.91. The van der Waals surface area contributed by atoms with E-state index in [0.717, 1.165) is 56.9 Å². The fourth-order valence-corrected chi connectivity index (χ4v) is 6.65. The van der Waals surface area contributed by atoms with Crippen LogP contribution in [-0.4, -0.2) is 31.7 Å². The average Bonchev–Trinajstić information content (AvgIpc) is 3.15. The topological polar surface area (TPSA) is 90.3 Å². The molecule has 172 valence electrons. The number of fused-ring (bicyclic) bond motifs is 1. The molecular formula is C24H31N3O3S2. The van der Waals surface area contributed by atoms with Crippen LogP contribution in [0.1, 0.15) is 78.7 Å². The van der Waals surface area contributed by atoms with E-state index in [4.69, 9.17) is 0 Å². The van der Waals surface area contributed by atoms with Gasteiger partial charge < -0.3 is 5.32 Å². The maximum Gasteiger partial charge on any atom is 0.256 e. The monoisotopic (exact) mass is 473 g/mol. The standard InChI is InChI=1S/C24H31N3O3S2/c1-3-5-15-27(16-6-4-2)32(29,30)19-13-11-18(12-14-19)23(28)26-24-21(17-25)20-9-7-8-10-22(20)31-24/h11-14H,3-10,15-16H2,1-2H3,(H,26,28). The molecule has 32 heavy (non-hydrogen) atoms. The summed E-state index contributed by atoms with van der Waals surface area (Å²) in [5.74, 6) is -0.335. The summed E-state index contributed by atoms with van der Waals surface area (Å²) in [6.07, 6.45) is 7.48. The molecule has 0 saturated carbocycles. The molecule has 8 heteroatoms. The fourth-order valence-electron chi connectivity index (χ4n) is 3.90. The second-order valence-electron chi connectivity index (χ2n) is 8.12. The van der Waals surface area contributed by atoms with Crippen LogP contribution in [0.3, 0.4) is 0 Å². The molecule has 1 aromatic carbocycles. The second kappa shape index (κ2) is 11.1. The normalized spacial score (nSPS) is 13.6. The zero-order valence-electron chi connectivity index (χ0n) is 18.8. The van der Waals surface area contributed by atoms with Gasteiger partial charge in [-0.3, -0.25) is 4.79 Å². The van der Waals surface area contributed by atoms with Crippen molar-refractivity contribution in [3.05, 3.63) is 45.8 Å². The number of hydrogen-bond acceptors (Lipinski definition) is 5. The van der Waals surface area contributed by atoms with Crippen molar-refractivity contribution in [1.29, 1.82) is 5.26 Å². The predicted molar refractivity (Wildman–Crippen MR) is 129 cm³/mol. The highest BCUT2D eigenvalue weighted by molar-refractivity contribution is 7.89. The molecule has 0 atom stereocenters. The number of carbonyl (C=O) groups is 1. The Hall–Kier alpha value is -2.21. The van der Waals surface area contributed by atoms with E-state index in [1.807, 2.05) is 13.8 Å². The maximum absolute atomic E-state index is 13.1. The number of nitrogens with one attached hydrogen (secondary N) is 1. The molecule has 0 spiro atoms. The first kappa shape index (κ1) is 24.4. The quantitative estimate of drug-likeness (QED) is 0.504. The molecule has 1 aliphatic carbocycles. The molecule has 0 bridgehead atoms. The first-order chi connectivity index (χ1) is 15.4. The maximum atomic E-state index is 13.1. The SMILES string of the molecule is CCCCN(CCCC)S(=O)(=O)c1ccc(C(=O)Nc2sc3c(c2C#N)CCCC3)cc1. The van der Waals surface area contributed by atoms with E-state index in [2.05, 4.69) is 11.4 Å². The number of aryl methyl sites for hydroxylation is 1. The van der Waals surface area contributed by atoms with Crippen LogP contribution in [0.2, 0.25) is 0 Å². The van der Waals surface area contributed by atoms with E-state index >= 15 is 0 Å². The Labute approximate surface area is 195 Å². The Morgan fingerprint density at radius 2 is 1.72 bits per heavy atom. The van der Waals surface area contributed by atoms with E-state index in [-0.39, 0.29) is 10.8 Å². The first-order valence-corrected chi connectivity index (χ1v) is 13.6. The number of rotatable bonds is 10. The van der Waals surface area contributed by atoms with Crippen LogP contribution in [0.4, 0.5) is 5.00 Å². The molecule has 0 saturated heterocycles. The zero-order chi connectivity index (χ0) is 23.1. The lowest BCUT2D eigenvalue weighted by atomic mass is 9.96. The molecule has 6 nitrogen and oxygen atoms in total. The summed E-state index contributed by atoms with van der Waals surface area (Å²) in [7, 11) is -3.60. The molecule has 1 amide bonds.